The lowest BCUT2D eigenvalue weighted by Gasteiger charge is -2.39. The molecule has 1 aliphatic carbocycles. The van der Waals surface area contributed by atoms with Crippen LogP contribution in [-0.4, -0.2) is 42.7 Å². The van der Waals surface area contributed by atoms with Crippen molar-refractivity contribution in [2.75, 3.05) is 0 Å². The zero-order valence-corrected chi connectivity index (χ0v) is 26.7. The molecule has 0 fully saturated rings. The van der Waals surface area contributed by atoms with E-state index >= 15 is 0 Å². The molecule has 1 aromatic rings. The Morgan fingerprint density at radius 2 is 1.80 bits per heavy atom. The summed E-state index contributed by atoms with van der Waals surface area (Å²) >= 11 is 0. The number of hydrogen-bond acceptors (Lipinski definition) is 5. The molecule has 40 heavy (non-hydrogen) atoms. The number of benzene rings is 1. The van der Waals surface area contributed by atoms with Crippen molar-refractivity contribution in [2.45, 2.75) is 123 Å². The van der Waals surface area contributed by atoms with Crippen LogP contribution in [0.3, 0.4) is 0 Å². The van der Waals surface area contributed by atoms with Crippen molar-refractivity contribution in [3.8, 4) is 0 Å². The first-order chi connectivity index (χ1) is 18.7. The summed E-state index contributed by atoms with van der Waals surface area (Å²) in [6.45, 7) is 14.8. The van der Waals surface area contributed by atoms with E-state index in [4.69, 9.17) is 9.16 Å². The topological polar surface area (TPSA) is 93.1 Å². The van der Waals surface area contributed by atoms with Gasteiger partial charge in [0, 0.05) is 25.2 Å². The SMILES string of the molecule is CCCC(=O)OC1=C(CCCCCC(C)C(=O)O)[C@H](/C=C/C(O)Cc2ccccc2)[C@H](O[Si](C)(C)C(C)(C)C)C1. The molecule has 6 nitrogen and oxygen atoms in total. The smallest absolute Gasteiger partial charge is 0.310 e. The average Bonchev–Trinajstić information content (AvgIpc) is 3.16. The molecule has 2 N–H and O–H groups in total. The largest absolute Gasteiger partial charge is 0.481 e. The van der Waals surface area contributed by atoms with E-state index in [1.54, 1.807) is 6.92 Å². The maximum absolute atomic E-state index is 12.6. The quantitative estimate of drug-likeness (QED) is 0.0908. The van der Waals surface area contributed by atoms with Crippen LogP contribution in [0.2, 0.25) is 18.1 Å². The third-order valence-electron chi connectivity index (χ3n) is 8.32. The molecule has 2 rings (SSSR count). The van der Waals surface area contributed by atoms with Gasteiger partial charge in [-0.2, -0.15) is 0 Å². The number of aliphatic hydroxyl groups excluding tert-OH is 1. The van der Waals surface area contributed by atoms with Gasteiger partial charge in [0.1, 0.15) is 5.76 Å². The highest BCUT2D eigenvalue weighted by Crippen LogP contribution is 2.44. The van der Waals surface area contributed by atoms with Gasteiger partial charge in [-0.1, -0.05) is 89.9 Å². The van der Waals surface area contributed by atoms with Crippen molar-refractivity contribution in [3.63, 3.8) is 0 Å². The predicted molar refractivity (Wildman–Crippen MR) is 163 cm³/mol. The van der Waals surface area contributed by atoms with Crippen LogP contribution in [0, 0.1) is 11.8 Å². The van der Waals surface area contributed by atoms with Crippen molar-refractivity contribution in [1.29, 1.82) is 0 Å². The summed E-state index contributed by atoms with van der Waals surface area (Å²) in [4.78, 5) is 23.8. The number of carboxylic acids is 1. The molecule has 7 heteroatoms. The predicted octanol–water partition coefficient (Wildman–Crippen LogP) is 7.83. The first kappa shape index (κ1) is 34.0. The standard InChI is InChI=1S/C33H52O6Si/c1-8-15-31(35)38-29-23-30(39-40(6,7)33(3,4)5)28(21-20-26(34)22-25-17-12-10-13-18-25)27(29)19-14-9-11-16-24(2)32(36)37/h10,12-13,17-18,20-21,24,26,28,30,34H,8-9,11,14-16,19,22-23H2,1-7H3,(H,36,37)/b21-20+/t24?,26?,28-,30+/m0/s1. The Morgan fingerprint density at radius 1 is 1.12 bits per heavy atom. The summed E-state index contributed by atoms with van der Waals surface area (Å²) < 4.78 is 12.9. The molecular weight excluding hydrogens is 520 g/mol. The molecule has 0 aromatic heterocycles. The second-order valence-corrected chi connectivity index (χ2v) is 17.6. The van der Waals surface area contributed by atoms with Crippen molar-refractivity contribution in [2.24, 2.45) is 11.8 Å². The van der Waals surface area contributed by atoms with Gasteiger partial charge < -0.3 is 19.4 Å². The van der Waals surface area contributed by atoms with Gasteiger partial charge in [-0.15, -0.1) is 0 Å². The number of esters is 1. The van der Waals surface area contributed by atoms with Crippen LogP contribution in [0.15, 0.2) is 53.8 Å². The number of carboxylic acid groups (broad SMARTS) is 1. The second-order valence-electron chi connectivity index (χ2n) is 12.8. The van der Waals surface area contributed by atoms with Crippen LogP contribution in [0.25, 0.3) is 0 Å². The summed E-state index contributed by atoms with van der Waals surface area (Å²) in [5.74, 6) is -0.700. The van der Waals surface area contributed by atoms with Gasteiger partial charge in [0.05, 0.1) is 18.1 Å². The molecule has 0 radical (unpaired) electrons. The summed E-state index contributed by atoms with van der Waals surface area (Å²) in [7, 11) is -2.13. The van der Waals surface area contributed by atoms with Gasteiger partial charge in [-0.3, -0.25) is 9.59 Å². The number of ether oxygens (including phenoxy) is 1. The molecule has 1 aliphatic rings. The minimum absolute atomic E-state index is 0.0245. The Balaban J connectivity index is 2.30. The zero-order valence-electron chi connectivity index (χ0n) is 25.7. The number of rotatable bonds is 16. The maximum atomic E-state index is 12.6. The van der Waals surface area contributed by atoms with Gasteiger partial charge in [0.15, 0.2) is 8.32 Å². The number of aliphatic carboxylic acids is 1. The third kappa shape index (κ3) is 10.6. The second kappa shape index (κ2) is 15.7. The molecule has 0 saturated heterocycles. The Labute approximate surface area is 243 Å². The van der Waals surface area contributed by atoms with E-state index in [9.17, 15) is 19.8 Å². The average molecular weight is 573 g/mol. The lowest BCUT2D eigenvalue weighted by molar-refractivity contribution is -0.141. The molecule has 2 unspecified atom stereocenters. The van der Waals surface area contributed by atoms with Gasteiger partial charge in [-0.25, -0.2) is 0 Å². The van der Waals surface area contributed by atoms with Crippen molar-refractivity contribution in [3.05, 3.63) is 59.4 Å². The molecule has 0 heterocycles. The minimum atomic E-state index is -2.13. The van der Waals surface area contributed by atoms with E-state index in [2.05, 4.69) is 39.9 Å². The van der Waals surface area contributed by atoms with Crippen LogP contribution in [-0.2, 0) is 25.2 Å². The summed E-state index contributed by atoms with van der Waals surface area (Å²) in [5, 5.41) is 20.1. The van der Waals surface area contributed by atoms with Crippen LogP contribution in [0.4, 0.5) is 0 Å². The number of unbranched alkanes of at least 4 members (excludes halogenated alkanes) is 2. The van der Waals surface area contributed by atoms with E-state index in [1.165, 1.54) is 0 Å². The first-order valence-corrected chi connectivity index (χ1v) is 17.9. The molecule has 0 bridgehead atoms. The molecule has 0 aliphatic heterocycles. The lowest BCUT2D eigenvalue weighted by Crippen LogP contribution is -2.45. The molecular formula is C33H52O6Si. The fourth-order valence-corrected chi connectivity index (χ4v) is 6.15. The number of carbonyl (C=O) groups excluding carboxylic acids is 1. The van der Waals surface area contributed by atoms with Crippen LogP contribution in [0.5, 0.6) is 0 Å². The van der Waals surface area contributed by atoms with Gasteiger partial charge >= 0.3 is 11.9 Å². The van der Waals surface area contributed by atoms with E-state index in [0.29, 0.717) is 31.4 Å². The molecule has 0 amide bonds. The fraction of sp³-hybridized carbons (Fsp3) is 0.636. The Morgan fingerprint density at radius 3 is 2.40 bits per heavy atom. The highest BCUT2D eigenvalue weighted by Gasteiger charge is 2.44. The van der Waals surface area contributed by atoms with E-state index in [-0.39, 0.29) is 28.9 Å². The number of hydrogen-bond donors (Lipinski definition) is 2. The monoisotopic (exact) mass is 572 g/mol. The van der Waals surface area contributed by atoms with E-state index in [1.807, 2.05) is 43.3 Å². The highest BCUT2D eigenvalue weighted by atomic mass is 28.4. The number of aliphatic hydroxyl groups is 1. The van der Waals surface area contributed by atoms with Gasteiger partial charge in [0.2, 0.25) is 0 Å². The van der Waals surface area contributed by atoms with Crippen molar-refractivity contribution >= 4 is 20.3 Å². The van der Waals surface area contributed by atoms with Crippen LogP contribution < -0.4 is 0 Å². The van der Waals surface area contributed by atoms with Gasteiger partial charge in [0.25, 0.3) is 0 Å². The van der Waals surface area contributed by atoms with E-state index in [0.717, 1.165) is 43.2 Å². The Bertz CT molecular complexity index is 1010. The lowest BCUT2D eigenvalue weighted by atomic mass is 9.92. The van der Waals surface area contributed by atoms with Crippen molar-refractivity contribution < 1.29 is 29.0 Å². The van der Waals surface area contributed by atoms with E-state index < -0.39 is 20.4 Å². The molecule has 0 saturated carbocycles. The molecule has 4 atom stereocenters. The number of carbonyl (C=O) groups is 2. The minimum Gasteiger partial charge on any atom is -0.481 e. The Hall–Kier alpha value is -2.22. The molecule has 1 aromatic carbocycles. The summed E-state index contributed by atoms with van der Waals surface area (Å²) in [6.07, 6.45) is 9.30. The molecule has 0 spiro atoms. The summed E-state index contributed by atoms with van der Waals surface area (Å²) in [6, 6.07) is 9.94. The third-order valence-corrected chi connectivity index (χ3v) is 12.8. The first-order valence-electron chi connectivity index (χ1n) is 15.0. The Kier molecular flexibility index (Phi) is 13.3. The van der Waals surface area contributed by atoms with Crippen LogP contribution >= 0.6 is 0 Å². The van der Waals surface area contributed by atoms with Gasteiger partial charge in [-0.05, 0) is 55.0 Å². The highest BCUT2D eigenvalue weighted by molar-refractivity contribution is 6.74. The maximum Gasteiger partial charge on any atom is 0.310 e. The summed E-state index contributed by atoms with van der Waals surface area (Å²) in [5.41, 5.74) is 2.14. The normalized spacial score (nSPS) is 19.7. The molecule has 224 valence electrons. The fourth-order valence-electron chi connectivity index (χ4n) is 4.81. The zero-order chi connectivity index (χ0) is 29.9. The van der Waals surface area contributed by atoms with Crippen LogP contribution in [0.1, 0.15) is 91.5 Å². The van der Waals surface area contributed by atoms with Crippen molar-refractivity contribution in [1.82, 2.24) is 0 Å².